The van der Waals surface area contributed by atoms with Crippen LogP contribution in [0.4, 0.5) is 11.4 Å². The Hall–Kier alpha value is -3.02. The number of alkyl halides is 1. The van der Waals surface area contributed by atoms with Crippen LogP contribution in [0.2, 0.25) is 10.0 Å². The van der Waals surface area contributed by atoms with Crippen LogP contribution in [0.1, 0.15) is 88.1 Å². The molecule has 0 aliphatic carbocycles. The van der Waals surface area contributed by atoms with Crippen LogP contribution in [0.3, 0.4) is 0 Å². The maximum atomic E-state index is 9.69. The van der Waals surface area contributed by atoms with Crippen molar-refractivity contribution in [2.45, 2.75) is 102 Å². The van der Waals surface area contributed by atoms with E-state index in [0.717, 1.165) is 105 Å². The number of benzene rings is 6. The first-order chi connectivity index (χ1) is 36.7. The van der Waals surface area contributed by atoms with E-state index in [-0.39, 0.29) is 77.5 Å². The Morgan fingerprint density at radius 2 is 0.974 bits per heavy atom. The van der Waals surface area contributed by atoms with Gasteiger partial charge in [-0.25, -0.2) is 0 Å². The van der Waals surface area contributed by atoms with E-state index in [1.165, 1.54) is 47.2 Å². The monoisotopic (exact) mass is 1160 g/mol. The summed E-state index contributed by atoms with van der Waals surface area (Å²) in [6, 6.07) is 55.1. The molecule has 0 saturated carbocycles. The third kappa shape index (κ3) is 18.8. The van der Waals surface area contributed by atoms with Crippen LogP contribution in [-0.4, -0.2) is 104 Å². The number of rotatable bonds is 16. The molecule has 4 fully saturated rings. The number of piperazine rings is 2. The van der Waals surface area contributed by atoms with Gasteiger partial charge in [0.05, 0.1) is 25.3 Å². The van der Waals surface area contributed by atoms with E-state index in [1.54, 1.807) is 12.1 Å². The van der Waals surface area contributed by atoms with E-state index in [2.05, 4.69) is 159 Å². The summed E-state index contributed by atoms with van der Waals surface area (Å²) in [5.74, 6) is 1.15. The summed E-state index contributed by atoms with van der Waals surface area (Å²) >= 11 is 15.6. The molecule has 6 aromatic rings. The topological polar surface area (TPSA) is 79.3 Å². The third-order valence-electron chi connectivity index (χ3n) is 14.4. The maximum Gasteiger partial charge on any atom is 1.00 e. The molecule has 10 nitrogen and oxygen atoms in total. The van der Waals surface area contributed by atoms with Crippen LogP contribution in [-0.2, 0) is 32.0 Å². The van der Waals surface area contributed by atoms with Crippen LogP contribution in [0.5, 0.6) is 11.5 Å². The van der Waals surface area contributed by atoms with Crippen molar-refractivity contribution >= 4 is 50.5 Å². The van der Waals surface area contributed by atoms with Crippen molar-refractivity contribution in [2.24, 2.45) is 0 Å². The Bertz CT molecular complexity index is 2540. The molecule has 2 unspecified atom stereocenters. The second kappa shape index (κ2) is 32.3. The largest absolute Gasteiger partial charge is 1.00 e. The number of hydrogen-bond donors (Lipinski definition) is 1. The quantitative estimate of drug-likeness (QED) is 0.0575. The van der Waals surface area contributed by atoms with E-state index >= 15 is 0 Å². The second-order valence-corrected chi connectivity index (χ2v) is 21.5. The van der Waals surface area contributed by atoms with Crippen LogP contribution in [0, 0.1) is 0 Å². The minimum absolute atomic E-state index is 0. The molecule has 0 amide bonds. The van der Waals surface area contributed by atoms with Gasteiger partial charge in [-0.15, -0.1) is 0 Å². The molecular formula is C62H76BrCl2KN4O6. The van der Waals surface area contributed by atoms with Gasteiger partial charge in [-0.1, -0.05) is 124 Å². The molecule has 0 spiro atoms. The van der Waals surface area contributed by atoms with Gasteiger partial charge in [-0.3, -0.25) is 9.80 Å². The summed E-state index contributed by atoms with van der Waals surface area (Å²) in [5.41, 5.74) is 7.54. The molecule has 4 heterocycles. The van der Waals surface area contributed by atoms with Crippen molar-refractivity contribution in [1.29, 1.82) is 0 Å². The third-order valence-corrected chi connectivity index (χ3v) is 15.2. The van der Waals surface area contributed by atoms with Gasteiger partial charge < -0.3 is 40.0 Å². The van der Waals surface area contributed by atoms with Gasteiger partial charge in [0, 0.05) is 91.3 Å². The molecule has 76 heavy (non-hydrogen) atoms. The summed E-state index contributed by atoms with van der Waals surface area (Å²) < 4.78 is 28.1. The van der Waals surface area contributed by atoms with E-state index in [0.29, 0.717) is 31.0 Å². The average molecular weight is 1160 g/mol. The van der Waals surface area contributed by atoms with Gasteiger partial charge in [0.25, 0.3) is 0 Å². The Labute approximate surface area is 514 Å². The van der Waals surface area contributed by atoms with Crippen molar-refractivity contribution in [3.8, 4) is 11.5 Å². The standard InChI is InChI=1S/C31H37ClN2O3.C24H25ClN2O.C7H13BrO2.K.H/c1-24-21-34(28-14-16-29(17-15-28)35-19-20-37-31-9-5-6-18-36-31)30(26-10-12-27(32)13-11-26)23-33(24)22-25-7-3-2-4-8-25;1-18-15-27(22-11-13-23(28)14-12-22)24(20-7-9-21(25)10-8-20)17-26(18)16-19-5-3-2-4-6-19;8-4-6-10-7-3-1-2-5-9-7;;/h2-4,7-8,10-17,24,30-31H,5-6,9,18-23H2,1H3;2-14,18,24,28H,15-17H2,1H3;7H,1-6H2;;/q;;;+1;-1/t24-,30+,31?;18-,24+;;;/m11.../s1. The first-order valence-electron chi connectivity index (χ1n) is 26.8. The van der Waals surface area contributed by atoms with Gasteiger partial charge in [0.2, 0.25) is 0 Å². The molecule has 10 rings (SSSR count). The molecule has 0 radical (unpaired) electrons. The molecule has 4 aliphatic heterocycles. The van der Waals surface area contributed by atoms with Crippen LogP contribution in [0.25, 0.3) is 0 Å². The Morgan fingerprint density at radius 1 is 0.539 bits per heavy atom. The summed E-state index contributed by atoms with van der Waals surface area (Å²) in [6.07, 6.45) is 6.76. The predicted molar refractivity (Wildman–Crippen MR) is 310 cm³/mol. The summed E-state index contributed by atoms with van der Waals surface area (Å²) in [5, 5.41) is 12.1. The molecule has 4 aliphatic rings. The van der Waals surface area contributed by atoms with Gasteiger partial charge in [0.1, 0.15) is 18.1 Å². The summed E-state index contributed by atoms with van der Waals surface area (Å²) in [7, 11) is 0. The van der Waals surface area contributed by atoms with Crippen LogP contribution < -0.4 is 65.9 Å². The fraction of sp³-hybridized carbons (Fsp3) is 0.419. The fourth-order valence-corrected chi connectivity index (χ4v) is 10.7. The number of anilines is 2. The van der Waals surface area contributed by atoms with E-state index in [9.17, 15) is 5.11 Å². The SMILES string of the molecule is BrCCOC1CCCCO1.C[C@@H]1CN(c2ccc(O)cc2)[C@H](c2ccc(Cl)cc2)CN1Cc1ccccc1.C[C@@H]1CN(c2ccc(OCCOC3CCCCO3)cc2)[C@H](c2ccc(Cl)cc2)CN1Cc1ccccc1.[H-].[K+]. The summed E-state index contributed by atoms with van der Waals surface area (Å²) in [4.78, 5) is 10.1. The predicted octanol–water partition coefficient (Wildman–Crippen LogP) is 11.3. The van der Waals surface area contributed by atoms with Crippen molar-refractivity contribution in [1.82, 2.24) is 9.80 Å². The zero-order valence-corrected chi connectivity index (χ0v) is 50.8. The van der Waals surface area contributed by atoms with Crippen molar-refractivity contribution in [3.05, 3.63) is 190 Å². The van der Waals surface area contributed by atoms with Gasteiger partial charge >= 0.3 is 51.4 Å². The summed E-state index contributed by atoms with van der Waals surface area (Å²) in [6.45, 7) is 13.7. The second-order valence-electron chi connectivity index (χ2n) is 19.8. The number of aromatic hydroxyl groups is 1. The fourth-order valence-electron chi connectivity index (χ4n) is 10.2. The smallest absolute Gasteiger partial charge is 1.00 e. The van der Waals surface area contributed by atoms with Gasteiger partial charge in [0.15, 0.2) is 12.6 Å². The molecule has 14 heteroatoms. The van der Waals surface area contributed by atoms with Crippen molar-refractivity contribution in [3.63, 3.8) is 0 Å². The van der Waals surface area contributed by atoms with E-state index < -0.39 is 0 Å². The number of phenols is 1. The Morgan fingerprint density at radius 3 is 1.39 bits per heavy atom. The first-order valence-corrected chi connectivity index (χ1v) is 28.7. The van der Waals surface area contributed by atoms with Crippen molar-refractivity contribution < 1.29 is 81.6 Å². The molecule has 6 atom stereocenters. The molecule has 6 aromatic carbocycles. The Balaban J connectivity index is 0.000000212. The minimum atomic E-state index is -0.0768. The Kier molecular flexibility index (Phi) is 25.7. The number of ether oxygens (including phenoxy) is 5. The van der Waals surface area contributed by atoms with Gasteiger partial charge in [-0.05, 0) is 147 Å². The minimum Gasteiger partial charge on any atom is -1.00 e. The normalized spacial score (nSPS) is 22.0. The molecule has 402 valence electrons. The van der Waals surface area contributed by atoms with E-state index in [1.807, 2.05) is 36.4 Å². The zero-order chi connectivity index (χ0) is 52.2. The van der Waals surface area contributed by atoms with Crippen LogP contribution >= 0.6 is 39.1 Å². The number of nitrogens with zero attached hydrogens (tertiary/aromatic N) is 4. The molecule has 0 aromatic heterocycles. The molecule has 0 bridgehead atoms. The molecule has 1 N–H and O–H groups in total. The zero-order valence-electron chi connectivity index (χ0n) is 45.6. The number of halogens is 3. The van der Waals surface area contributed by atoms with Crippen LogP contribution in [0.15, 0.2) is 158 Å². The van der Waals surface area contributed by atoms with E-state index in [4.69, 9.17) is 46.9 Å². The van der Waals surface area contributed by atoms with Gasteiger partial charge in [-0.2, -0.15) is 0 Å². The first kappa shape index (κ1) is 60.6. The average Bonchev–Trinajstić information content (AvgIpc) is 3.45. The van der Waals surface area contributed by atoms with Crippen molar-refractivity contribution in [2.75, 3.05) is 74.3 Å². The number of phenolic OH excluding ortho intramolecular Hbond substituents is 1. The number of hydrogen-bond acceptors (Lipinski definition) is 10. The maximum absolute atomic E-state index is 9.69. The molecule has 4 saturated heterocycles. The molecular weight excluding hydrogens is 1090 g/mol.